The lowest BCUT2D eigenvalue weighted by atomic mass is 10.1. The summed E-state index contributed by atoms with van der Waals surface area (Å²) in [5.74, 6) is -0.236. The summed E-state index contributed by atoms with van der Waals surface area (Å²) in [5, 5.41) is 6.54. The highest BCUT2D eigenvalue weighted by Gasteiger charge is 2.18. The van der Waals surface area contributed by atoms with Crippen molar-refractivity contribution in [1.29, 1.82) is 0 Å². The van der Waals surface area contributed by atoms with Crippen LogP contribution in [0.15, 0.2) is 36.4 Å². The van der Waals surface area contributed by atoms with Crippen LogP contribution >= 0.6 is 11.6 Å². The molecule has 0 fully saturated rings. The molecule has 2 aromatic rings. The molecule has 2 rings (SSSR count). The third kappa shape index (κ3) is 6.08. The molecule has 6 heteroatoms. The van der Waals surface area contributed by atoms with Crippen molar-refractivity contribution in [2.45, 2.75) is 33.7 Å². The number of quaternary nitrogens is 1. The summed E-state index contributed by atoms with van der Waals surface area (Å²) in [6, 6.07) is 11.3. The highest BCUT2D eigenvalue weighted by Crippen LogP contribution is 2.22. The predicted molar refractivity (Wildman–Crippen MR) is 114 cm³/mol. The van der Waals surface area contributed by atoms with Gasteiger partial charge in [-0.1, -0.05) is 47.5 Å². The summed E-state index contributed by atoms with van der Waals surface area (Å²) in [4.78, 5) is 25.5. The van der Waals surface area contributed by atoms with Gasteiger partial charge in [-0.3, -0.25) is 9.59 Å². The van der Waals surface area contributed by atoms with Crippen molar-refractivity contribution in [2.75, 3.05) is 25.5 Å². The van der Waals surface area contributed by atoms with Crippen molar-refractivity contribution in [3.8, 4) is 0 Å². The molecule has 2 atom stereocenters. The average Bonchev–Trinajstić information content (AvgIpc) is 2.58. The van der Waals surface area contributed by atoms with Crippen LogP contribution in [0.5, 0.6) is 0 Å². The Morgan fingerprint density at radius 3 is 2.21 bits per heavy atom. The SMILES string of the molecule is Cc1cc(C)c(NC(=O)C[NH+](C)CC(=O)N[C@@H](C)c2ccccc2Cl)c(C)c1. The minimum Gasteiger partial charge on any atom is -0.345 e. The summed E-state index contributed by atoms with van der Waals surface area (Å²) in [6.07, 6.45) is 0. The molecule has 0 heterocycles. The molecule has 0 aromatic heterocycles. The first-order valence-electron chi connectivity index (χ1n) is 9.40. The number of anilines is 1. The Morgan fingerprint density at radius 1 is 1.04 bits per heavy atom. The lowest BCUT2D eigenvalue weighted by Crippen LogP contribution is -3.11. The summed E-state index contributed by atoms with van der Waals surface area (Å²) < 4.78 is 0. The Hall–Kier alpha value is -2.37. The van der Waals surface area contributed by atoms with E-state index in [-0.39, 0.29) is 30.9 Å². The maximum atomic E-state index is 12.4. The van der Waals surface area contributed by atoms with Crippen molar-refractivity contribution in [1.82, 2.24) is 5.32 Å². The molecule has 0 spiro atoms. The van der Waals surface area contributed by atoms with Gasteiger partial charge >= 0.3 is 0 Å². The van der Waals surface area contributed by atoms with Crippen molar-refractivity contribution in [3.05, 3.63) is 63.7 Å². The van der Waals surface area contributed by atoms with Crippen LogP contribution in [0.2, 0.25) is 5.02 Å². The third-order valence-corrected chi connectivity index (χ3v) is 4.96. The highest BCUT2D eigenvalue weighted by atomic mass is 35.5. The van der Waals surface area contributed by atoms with E-state index in [0.717, 1.165) is 27.3 Å². The fourth-order valence-electron chi connectivity index (χ4n) is 3.37. The molecule has 28 heavy (non-hydrogen) atoms. The lowest BCUT2D eigenvalue weighted by Gasteiger charge is -2.18. The molecule has 0 aliphatic carbocycles. The van der Waals surface area contributed by atoms with Crippen LogP contribution in [0.4, 0.5) is 5.69 Å². The average molecular weight is 403 g/mol. The van der Waals surface area contributed by atoms with Gasteiger partial charge in [0.1, 0.15) is 0 Å². The number of nitrogens with one attached hydrogen (secondary N) is 3. The Balaban J connectivity index is 1.87. The predicted octanol–water partition coefficient (Wildman–Crippen LogP) is 2.60. The maximum Gasteiger partial charge on any atom is 0.279 e. The Morgan fingerprint density at radius 2 is 1.61 bits per heavy atom. The van der Waals surface area contributed by atoms with Crippen LogP contribution in [0.1, 0.15) is 35.2 Å². The zero-order chi connectivity index (χ0) is 20.8. The van der Waals surface area contributed by atoms with Crippen LogP contribution in [-0.2, 0) is 9.59 Å². The standard InChI is InChI=1S/C22H28ClN3O2/c1-14-10-15(2)22(16(3)11-14)25-21(28)13-26(5)12-20(27)24-17(4)18-8-6-7-9-19(18)23/h6-11,17H,12-13H2,1-5H3,(H,24,27)(H,25,28)/p+1/t17-/m0/s1. The molecular weight excluding hydrogens is 374 g/mol. The first-order valence-corrected chi connectivity index (χ1v) is 9.78. The molecule has 2 amide bonds. The fourth-order valence-corrected chi connectivity index (χ4v) is 3.67. The molecular formula is C22H29ClN3O2+. The number of likely N-dealkylation sites (N-methyl/N-ethyl adjacent to an activating group) is 1. The molecule has 2 aromatic carbocycles. The molecule has 0 bridgehead atoms. The quantitative estimate of drug-likeness (QED) is 0.666. The van der Waals surface area contributed by atoms with E-state index in [4.69, 9.17) is 11.6 Å². The fraction of sp³-hybridized carbons (Fsp3) is 0.364. The van der Waals surface area contributed by atoms with E-state index in [1.807, 2.05) is 65.1 Å². The van der Waals surface area contributed by atoms with E-state index in [2.05, 4.69) is 10.6 Å². The zero-order valence-electron chi connectivity index (χ0n) is 17.2. The Bertz CT molecular complexity index is 844. The normalized spacial score (nSPS) is 12.9. The summed E-state index contributed by atoms with van der Waals surface area (Å²) in [6.45, 7) is 8.30. The van der Waals surface area contributed by atoms with Gasteiger partial charge < -0.3 is 15.5 Å². The van der Waals surface area contributed by atoms with E-state index in [1.54, 1.807) is 6.07 Å². The molecule has 0 aliphatic heterocycles. The molecule has 0 radical (unpaired) electrons. The minimum atomic E-state index is -0.194. The van der Waals surface area contributed by atoms with Crippen LogP contribution in [-0.4, -0.2) is 32.0 Å². The van der Waals surface area contributed by atoms with Crippen molar-refractivity contribution >= 4 is 29.1 Å². The molecule has 0 saturated carbocycles. The third-order valence-electron chi connectivity index (χ3n) is 4.62. The highest BCUT2D eigenvalue weighted by molar-refractivity contribution is 6.31. The van der Waals surface area contributed by atoms with E-state index >= 15 is 0 Å². The number of aryl methyl sites for hydroxylation is 3. The molecule has 0 aliphatic rings. The zero-order valence-corrected chi connectivity index (χ0v) is 17.9. The second kappa shape index (κ2) is 9.71. The van der Waals surface area contributed by atoms with Gasteiger partial charge in [-0.2, -0.15) is 0 Å². The molecule has 150 valence electrons. The van der Waals surface area contributed by atoms with Crippen molar-refractivity contribution < 1.29 is 14.5 Å². The van der Waals surface area contributed by atoms with Crippen molar-refractivity contribution in [3.63, 3.8) is 0 Å². The first-order chi connectivity index (χ1) is 13.2. The summed E-state index contributed by atoms with van der Waals surface area (Å²) >= 11 is 6.18. The van der Waals surface area contributed by atoms with Gasteiger partial charge in [-0.15, -0.1) is 0 Å². The van der Waals surface area contributed by atoms with E-state index in [1.165, 1.54) is 5.56 Å². The van der Waals surface area contributed by atoms with Gasteiger partial charge in [-0.25, -0.2) is 0 Å². The van der Waals surface area contributed by atoms with Gasteiger partial charge in [0.2, 0.25) is 0 Å². The largest absolute Gasteiger partial charge is 0.345 e. The number of rotatable bonds is 7. The first kappa shape index (κ1) is 21.9. The Kier molecular flexibility index (Phi) is 7.61. The molecule has 1 unspecified atom stereocenters. The number of amides is 2. The number of carbonyl (C=O) groups excluding carboxylic acids is 2. The lowest BCUT2D eigenvalue weighted by molar-refractivity contribution is -0.862. The molecule has 5 nitrogen and oxygen atoms in total. The van der Waals surface area contributed by atoms with Crippen molar-refractivity contribution in [2.24, 2.45) is 0 Å². The minimum absolute atomic E-state index is 0.112. The van der Waals surface area contributed by atoms with E-state index in [0.29, 0.717) is 5.02 Å². The van der Waals surface area contributed by atoms with E-state index < -0.39 is 0 Å². The van der Waals surface area contributed by atoms with Gasteiger partial charge in [0.15, 0.2) is 13.1 Å². The van der Waals surface area contributed by atoms with Gasteiger partial charge in [0, 0.05) is 10.7 Å². The second-order valence-electron chi connectivity index (χ2n) is 7.44. The number of halogens is 1. The Labute approximate surface area is 172 Å². The topological polar surface area (TPSA) is 62.6 Å². The van der Waals surface area contributed by atoms with E-state index in [9.17, 15) is 9.59 Å². The van der Waals surface area contributed by atoms with Crippen LogP contribution in [0.3, 0.4) is 0 Å². The monoisotopic (exact) mass is 402 g/mol. The number of hydrogen-bond donors (Lipinski definition) is 3. The van der Waals surface area contributed by atoms with Crippen LogP contribution in [0.25, 0.3) is 0 Å². The number of hydrogen-bond acceptors (Lipinski definition) is 2. The second-order valence-corrected chi connectivity index (χ2v) is 7.85. The van der Waals surface area contributed by atoms with Gasteiger partial charge in [-0.05, 0) is 50.5 Å². The number of carbonyl (C=O) groups is 2. The number of benzene rings is 2. The van der Waals surface area contributed by atoms with Crippen LogP contribution in [0, 0.1) is 20.8 Å². The smallest absolute Gasteiger partial charge is 0.279 e. The summed E-state index contributed by atoms with van der Waals surface area (Å²) in [7, 11) is 1.83. The maximum absolute atomic E-state index is 12.4. The van der Waals surface area contributed by atoms with Gasteiger partial charge in [0.25, 0.3) is 11.8 Å². The van der Waals surface area contributed by atoms with Gasteiger partial charge in [0.05, 0.1) is 13.1 Å². The molecule has 0 saturated heterocycles. The van der Waals surface area contributed by atoms with Crippen LogP contribution < -0.4 is 15.5 Å². The summed E-state index contributed by atoms with van der Waals surface area (Å²) in [5.41, 5.74) is 4.96. The molecule has 3 N–H and O–H groups in total.